The zero-order valence-corrected chi connectivity index (χ0v) is 18.2. The van der Waals surface area contributed by atoms with Gasteiger partial charge in [-0.2, -0.15) is 8.78 Å². The van der Waals surface area contributed by atoms with Crippen LogP contribution in [0.5, 0.6) is 11.5 Å². The van der Waals surface area contributed by atoms with E-state index in [2.05, 4.69) is 31.0 Å². The van der Waals surface area contributed by atoms with Crippen molar-refractivity contribution in [3.63, 3.8) is 0 Å². The summed E-state index contributed by atoms with van der Waals surface area (Å²) in [7, 11) is -3.55. The first-order chi connectivity index (χ1) is 14.0. The molecule has 1 heterocycles. The quantitative estimate of drug-likeness (QED) is 0.377. The van der Waals surface area contributed by atoms with E-state index in [-0.39, 0.29) is 29.6 Å². The molecule has 0 bridgehead atoms. The zero-order chi connectivity index (χ0) is 22.5. The van der Waals surface area contributed by atoms with Gasteiger partial charge in [-0.3, -0.25) is 10.1 Å². The van der Waals surface area contributed by atoms with Gasteiger partial charge >= 0.3 is 12.3 Å². The summed E-state index contributed by atoms with van der Waals surface area (Å²) >= 11 is 3.10. The van der Waals surface area contributed by atoms with Gasteiger partial charge < -0.3 is 14.8 Å². The molecule has 0 amide bonds. The smallest absolute Gasteiger partial charge is 0.387 e. The first-order valence-corrected chi connectivity index (χ1v) is 11.3. The lowest BCUT2D eigenvalue weighted by molar-refractivity contribution is -0.384. The molecule has 1 N–H and O–H groups in total. The zero-order valence-electron chi connectivity index (χ0n) is 15.8. The van der Waals surface area contributed by atoms with Gasteiger partial charge in [-0.15, -0.1) is 0 Å². The number of ether oxygens (including phenoxy) is 2. The third-order valence-corrected chi connectivity index (χ3v) is 5.07. The SMILES string of the molecule is CCOc1cc(C(CS(C)(=O)=O)Nc2ncc(Br)cc2[N+](=O)[O-])ccc1OC(F)F. The van der Waals surface area contributed by atoms with Crippen molar-refractivity contribution >= 4 is 37.3 Å². The number of pyridine rings is 1. The van der Waals surface area contributed by atoms with Crippen LogP contribution in [-0.2, 0) is 9.84 Å². The lowest BCUT2D eigenvalue weighted by atomic mass is 10.1. The first kappa shape index (κ1) is 23.7. The van der Waals surface area contributed by atoms with Crippen molar-refractivity contribution in [2.45, 2.75) is 19.6 Å². The number of alkyl halides is 2. The molecule has 1 atom stereocenters. The monoisotopic (exact) mass is 509 g/mol. The van der Waals surface area contributed by atoms with E-state index in [9.17, 15) is 27.3 Å². The molecule has 0 fully saturated rings. The van der Waals surface area contributed by atoms with E-state index < -0.39 is 33.2 Å². The molecule has 0 spiro atoms. The topological polar surface area (TPSA) is 121 Å². The van der Waals surface area contributed by atoms with E-state index in [4.69, 9.17) is 4.74 Å². The predicted molar refractivity (Wildman–Crippen MR) is 109 cm³/mol. The number of benzene rings is 1. The summed E-state index contributed by atoms with van der Waals surface area (Å²) in [6.45, 7) is -1.29. The van der Waals surface area contributed by atoms with Gasteiger partial charge in [0.25, 0.3) is 0 Å². The number of nitrogens with zero attached hydrogens (tertiary/aromatic N) is 2. The van der Waals surface area contributed by atoms with Crippen LogP contribution in [0.15, 0.2) is 34.9 Å². The summed E-state index contributed by atoms with van der Waals surface area (Å²) < 4.78 is 59.2. The van der Waals surface area contributed by atoms with Crippen molar-refractivity contribution in [1.29, 1.82) is 0 Å². The highest BCUT2D eigenvalue weighted by atomic mass is 79.9. The van der Waals surface area contributed by atoms with Crippen LogP contribution in [0.3, 0.4) is 0 Å². The van der Waals surface area contributed by atoms with Crippen LogP contribution < -0.4 is 14.8 Å². The second kappa shape index (κ2) is 9.98. The average molecular weight is 510 g/mol. The highest BCUT2D eigenvalue weighted by Gasteiger charge is 2.25. The third-order valence-electron chi connectivity index (χ3n) is 3.70. The molecule has 30 heavy (non-hydrogen) atoms. The highest BCUT2D eigenvalue weighted by molar-refractivity contribution is 9.10. The Bertz CT molecular complexity index is 1020. The molecule has 0 aliphatic heterocycles. The minimum absolute atomic E-state index is 0.0196. The summed E-state index contributed by atoms with van der Waals surface area (Å²) in [5.74, 6) is -0.833. The Morgan fingerprint density at radius 1 is 1.30 bits per heavy atom. The second-order valence-corrected chi connectivity index (χ2v) is 9.19. The summed E-state index contributed by atoms with van der Waals surface area (Å²) in [5, 5.41) is 14.1. The largest absolute Gasteiger partial charge is 0.490 e. The third kappa shape index (κ3) is 6.76. The van der Waals surface area contributed by atoms with Crippen molar-refractivity contribution in [3.05, 3.63) is 50.6 Å². The number of sulfone groups is 1. The van der Waals surface area contributed by atoms with E-state index in [0.717, 1.165) is 6.26 Å². The van der Waals surface area contributed by atoms with Crippen molar-refractivity contribution in [2.75, 3.05) is 23.9 Å². The molecule has 9 nitrogen and oxygen atoms in total. The fourth-order valence-electron chi connectivity index (χ4n) is 2.57. The van der Waals surface area contributed by atoms with Crippen molar-refractivity contribution in [2.24, 2.45) is 0 Å². The molecule has 2 aromatic rings. The van der Waals surface area contributed by atoms with Gasteiger partial charge in [0.2, 0.25) is 5.82 Å². The molecular formula is C17H18BrF2N3O6S. The highest BCUT2D eigenvalue weighted by Crippen LogP contribution is 2.34. The van der Waals surface area contributed by atoms with E-state index in [1.807, 2.05) is 0 Å². The molecule has 13 heteroatoms. The molecule has 1 aromatic heterocycles. The van der Waals surface area contributed by atoms with Gasteiger partial charge in [-0.25, -0.2) is 13.4 Å². The minimum atomic E-state index is -3.55. The van der Waals surface area contributed by atoms with E-state index in [0.29, 0.717) is 10.0 Å². The Kier molecular flexibility index (Phi) is 7.89. The Morgan fingerprint density at radius 2 is 2.00 bits per heavy atom. The Morgan fingerprint density at radius 3 is 2.57 bits per heavy atom. The maximum Gasteiger partial charge on any atom is 0.387 e. The molecule has 0 saturated carbocycles. The summed E-state index contributed by atoms with van der Waals surface area (Å²) in [6, 6.07) is 4.17. The Hall–Kier alpha value is -2.54. The van der Waals surface area contributed by atoms with Crippen molar-refractivity contribution in [1.82, 2.24) is 4.98 Å². The molecule has 0 radical (unpaired) electrons. The molecule has 0 aliphatic carbocycles. The number of rotatable bonds is 10. The van der Waals surface area contributed by atoms with Crippen molar-refractivity contribution < 1.29 is 31.6 Å². The molecule has 0 saturated heterocycles. The van der Waals surface area contributed by atoms with E-state index >= 15 is 0 Å². The number of hydrogen-bond donors (Lipinski definition) is 1. The summed E-state index contributed by atoms with van der Waals surface area (Å²) in [4.78, 5) is 14.6. The maximum absolute atomic E-state index is 12.6. The number of aromatic nitrogens is 1. The van der Waals surface area contributed by atoms with E-state index in [1.54, 1.807) is 6.92 Å². The minimum Gasteiger partial charge on any atom is -0.490 e. The van der Waals surface area contributed by atoms with Gasteiger partial charge in [0.15, 0.2) is 11.5 Å². The van der Waals surface area contributed by atoms with Gasteiger partial charge in [0, 0.05) is 23.0 Å². The van der Waals surface area contributed by atoms with Crippen LogP contribution in [0, 0.1) is 10.1 Å². The standard InChI is InChI=1S/C17H18BrF2N3O6S/c1-3-28-15-6-10(4-5-14(15)29-17(19)20)12(9-30(2,26)27)22-16-13(23(24)25)7-11(18)8-21-16/h4-8,12,17H,3,9H2,1-2H3,(H,21,22). The second-order valence-electron chi connectivity index (χ2n) is 6.09. The molecule has 0 aliphatic rings. The summed E-state index contributed by atoms with van der Waals surface area (Å²) in [5.41, 5.74) is -0.0462. The maximum atomic E-state index is 12.6. The number of nitro groups is 1. The van der Waals surface area contributed by atoms with E-state index in [1.165, 1.54) is 30.5 Å². The molecule has 1 aromatic carbocycles. The average Bonchev–Trinajstić information content (AvgIpc) is 2.62. The Labute approximate surface area is 179 Å². The number of nitrogens with one attached hydrogen (secondary N) is 1. The van der Waals surface area contributed by atoms with Gasteiger partial charge in [-0.1, -0.05) is 6.07 Å². The van der Waals surface area contributed by atoms with Crippen LogP contribution in [0.4, 0.5) is 20.3 Å². The normalized spacial score (nSPS) is 12.5. The fourth-order valence-corrected chi connectivity index (χ4v) is 3.77. The van der Waals surface area contributed by atoms with Crippen LogP contribution in [0.2, 0.25) is 0 Å². The Balaban J connectivity index is 2.50. The lowest BCUT2D eigenvalue weighted by Crippen LogP contribution is -2.22. The number of anilines is 1. The van der Waals surface area contributed by atoms with Crippen LogP contribution >= 0.6 is 15.9 Å². The van der Waals surface area contributed by atoms with Gasteiger partial charge in [0.05, 0.1) is 23.3 Å². The summed E-state index contributed by atoms with van der Waals surface area (Å²) in [6.07, 6.45) is 2.32. The van der Waals surface area contributed by atoms with Gasteiger partial charge in [0.1, 0.15) is 9.84 Å². The number of halogens is 3. The molecular weight excluding hydrogens is 492 g/mol. The molecule has 164 valence electrons. The van der Waals surface area contributed by atoms with Crippen LogP contribution in [-0.4, -0.2) is 43.6 Å². The van der Waals surface area contributed by atoms with Crippen LogP contribution in [0.1, 0.15) is 18.5 Å². The van der Waals surface area contributed by atoms with Gasteiger partial charge in [-0.05, 0) is 40.5 Å². The van der Waals surface area contributed by atoms with Crippen molar-refractivity contribution in [3.8, 4) is 11.5 Å². The lowest BCUT2D eigenvalue weighted by Gasteiger charge is -2.21. The first-order valence-electron chi connectivity index (χ1n) is 8.46. The predicted octanol–water partition coefficient (Wildman–Crippen LogP) is 3.95. The molecule has 2 rings (SSSR count). The van der Waals surface area contributed by atoms with Crippen LogP contribution in [0.25, 0.3) is 0 Å². The molecule has 1 unspecified atom stereocenters. The number of hydrogen-bond acceptors (Lipinski definition) is 8. The fraction of sp³-hybridized carbons (Fsp3) is 0.353.